The van der Waals surface area contributed by atoms with Crippen molar-refractivity contribution >= 4 is 24.8 Å². The number of hydrogen-bond donors (Lipinski definition) is 1. The van der Waals surface area contributed by atoms with Crippen molar-refractivity contribution in [2.45, 2.75) is 0 Å². The summed E-state index contributed by atoms with van der Waals surface area (Å²) in [5.74, 6) is -0.617. The topological polar surface area (TPSA) is 92.8 Å². The van der Waals surface area contributed by atoms with Gasteiger partial charge in [-0.3, -0.25) is 4.79 Å². The lowest BCUT2D eigenvalue weighted by Gasteiger charge is -2.07. The molecule has 1 atom stereocenters. The molecule has 1 fully saturated rings. The van der Waals surface area contributed by atoms with E-state index in [1.54, 1.807) is 0 Å². The van der Waals surface area contributed by atoms with Crippen molar-refractivity contribution in [1.29, 1.82) is 0 Å². The molecular formula is C3H6N2O5PS+. The Hall–Kier alpha value is -0.560. The summed E-state index contributed by atoms with van der Waals surface area (Å²) in [6, 6.07) is 0. The second-order valence-electron chi connectivity index (χ2n) is 1.93. The highest BCUT2D eigenvalue weighted by Crippen LogP contribution is 2.08. The minimum absolute atomic E-state index is 0.270. The van der Waals surface area contributed by atoms with Crippen molar-refractivity contribution in [3.63, 3.8) is 0 Å². The molecule has 0 spiro atoms. The average Bonchev–Trinajstić information content (AvgIpc) is 2.24. The minimum atomic E-state index is -3.73. The van der Waals surface area contributed by atoms with Gasteiger partial charge in [0.1, 0.15) is 0 Å². The number of rotatable bonds is 3. The van der Waals surface area contributed by atoms with Crippen LogP contribution in [0.2, 0.25) is 0 Å². The number of amides is 1. The summed E-state index contributed by atoms with van der Waals surface area (Å²) >= 11 is 0. The van der Waals surface area contributed by atoms with Crippen LogP contribution in [0, 0.1) is 0 Å². The van der Waals surface area contributed by atoms with E-state index in [1.165, 1.54) is 0 Å². The number of nitrogens with zero attached hydrogens (tertiary/aromatic N) is 1. The van der Waals surface area contributed by atoms with Crippen LogP contribution >= 0.6 is 8.69 Å². The first-order chi connectivity index (χ1) is 5.58. The largest absolute Gasteiger partial charge is 0.496 e. The van der Waals surface area contributed by atoms with E-state index in [1.807, 2.05) is 4.72 Å². The van der Waals surface area contributed by atoms with Crippen LogP contribution < -0.4 is 4.72 Å². The van der Waals surface area contributed by atoms with Crippen molar-refractivity contribution in [3.8, 4) is 0 Å². The van der Waals surface area contributed by atoms with Crippen LogP contribution in [0.4, 0.5) is 0 Å². The summed E-state index contributed by atoms with van der Waals surface area (Å²) in [7, 11) is -4.82. The van der Waals surface area contributed by atoms with Gasteiger partial charge in [-0.05, 0) is 4.57 Å². The average molecular weight is 213 g/mol. The zero-order valence-electron chi connectivity index (χ0n) is 5.81. The van der Waals surface area contributed by atoms with E-state index in [-0.39, 0.29) is 6.54 Å². The standard InChI is InChI=1S/C3H6N2O5PS/c6-3-1-4-12(8,9)5(3)2-10-11-7/h4,11H,1-2H2/q+1. The third-order valence-corrected chi connectivity index (χ3v) is 2.86. The van der Waals surface area contributed by atoms with Crippen molar-refractivity contribution in [3.05, 3.63) is 0 Å². The lowest BCUT2D eigenvalue weighted by Crippen LogP contribution is -2.32. The maximum absolute atomic E-state index is 10.9. The summed E-state index contributed by atoms with van der Waals surface area (Å²) < 4.78 is 38.4. The Morgan fingerprint density at radius 1 is 1.67 bits per heavy atom. The summed E-state index contributed by atoms with van der Waals surface area (Å²) in [5.41, 5.74) is 0. The van der Waals surface area contributed by atoms with Gasteiger partial charge < -0.3 is 0 Å². The van der Waals surface area contributed by atoms with Crippen molar-refractivity contribution in [2.24, 2.45) is 0 Å². The van der Waals surface area contributed by atoms with Crippen LogP contribution in [0.15, 0.2) is 0 Å². The van der Waals surface area contributed by atoms with E-state index in [0.717, 1.165) is 0 Å². The van der Waals surface area contributed by atoms with E-state index < -0.39 is 31.5 Å². The summed E-state index contributed by atoms with van der Waals surface area (Å²) in [5, 5.41) is 0. The maximum atomic E-state index is 10.9. The fourth-order valence-corrected chi connectivity index (χ4v) is 1.94. The molecule has 0 bridgehead atoms. The summed E-state index contributed by atoms with van der Waals surface area (Å²) in [4.78, 5) is 10.8. The van der Waals surface area contributed by atoms with Gasteiger partial charge in [0.2, 0.25) is 0 Å². The van der Waals surface area contributed by atoms with E-state index in [9.17, 15) is 17.8 Å². The SMILES string of the molecule is O=[PH+]OCN1C(=O)CNS1(=O)=O. The van der Waals surface area contributed by atoms with Crippen LogP contribution in [0.25, 0.3) is 0 Å². The molecule has 0 aliphatic carbocycles. The third-order valence-electron chi connectivity index (χ3n) is 1.21. The van der Waals surface area contributed by atoms with Gasteiger partial charge in [0.15, 0.2) is 6.73 Å². The van der Waals surface area contributed by atoms with Gasteiger partial charge in [-0.2, -0.15) is 17.4 Å². The van der Waals surface area contributed by atoms with Crippen LogP contribution in [-0.2, 0) is 24.1 Å². The van der Waals surface area contributed by atoms with Crippen molar-refractivity contribution in [2.75, 3.05) is 13.3 Å². The van der Waals surface area contributed by atoms with Crippen LogP contribution in [-0.4, -0.2) is 31.9 Å². The molecule has 1 unspecified atom stereocenters. The Bertz CT molecular complexity index is 300. The zero-order chi connectivity index (χ0) is 9.19. The molecule has 0 aromatic rings. The van der Waals surface area contributed by atoms with E-state index in [4.69, 9.17) is 0 Å². The van der Waals surface area contributed by atoms with E-state index >= 15 is 0 Å². The first-order valence-corrected chi connectivity index (χ1v) is 5.12. The van der Waals surface area contributed by atoms with Gasteiger partial charge >= 0.3 is 18.9 Å². The van der Waals surface area contributed by atoms with Crippen LogP contribution in [0.3, 0.4) is 0 Å². The van der Waals surface area contributed by atoms with Crippen molar-refractivity contribution in [1.82, 2.24) is 9.03 Å². The molecule has 1 heterocycles. The van der Waals surface area contributed by atoms with E-state index in [0.29, 0.717) is 4.31 Å². The van der Waals surface area contributed by atoms with Gasteiger partial charge in [0.05, 0.1) is 6.54 Å². The Kier molecular flexibility index (Phi) is 2.73. The molecule has 0 saturated carbocycles. The number of carbonyl (C=O) groups is 1. The lowest BCUT2D eigenvalue weighted by atomic mass is 10.6. The molecular weight excluding hydrogens is 207 g/mol. The summed E-state index contributed by atoms with van der Waals surface area (Å²) in [6.45, 7) is -0.774. The third kappa shape index (κ3) is 1.78. The molecule has 12 heavy (non-hydrogen) atoms. The number of hydrogen-bond acceptors (Lipinski definition) is 5. The van der Waals surface area contributed by atoms with Gasteiger partial charge in [0, 0.05) is 0 Å². The smallest absolute Gasteiger partial charge is 0.272 e. The Morgan fingerprint density at radius 2 is 2.33 bits per heavy atom. The van der Waals surface area contributed by atoms with Gasteiger partial charge in [-0.25, -0.2) is 0 Å². The Balaban J connectivity index is 2.72. The molecule has 0 aromatic carbocycles. The quantitative estimate of drug-likeness (QED) is 0.580. The normalized spacial score (nSPS) is 22.0. The molecule has 68 valence electrons. The number of carbonyl (C=O) groups excluding carboxylic acids is 1. The van der Waals surface area contributed by atoms with Gasteiger partial charge in [0.25, 0.3) is 5.91 Å². The van der Waals surface area contributed by atoms with Crippen molar-refractivity contribution < 1.29 is 22.3 Å². The molecule has 1 aliphatic rings. The molecule has 1 amide bonds. The highest BCUT2D eigenvalue weighted by Gasteiger charge is 2.35. The second kappa shape index (κ2) is 3.44. The molecule has 1 saturated heterocycles. The molecule has 1 aliphatic heterocycles. The highest BCUT2D eigenvalue weighted by molar-refractivity contribution is 7.88. The molecule has 1 rings (SSSR count). The van der Waals surface area contributed by atoms with E-state index in [2.05, 4.69) is 4.52 Å². The molecule has 7 nitrogen and oxygen atoms in total. The lowest BCUT2D eigenvalue weighted by molar-refractivity contribution is -0.125. The Labute approximate surface area is 70.2 Å². The Morgan fingerprint density at radius 3 is 2.75 bits per heavy atom. The maximum Gasteiger partial charge on any atom is 0.496 e. The minimum Gasteiger partial charge on any atom is -0.272 e. The fraction of sp³-hybridized carbons (Fsp3) is 0.667. The second-order valence-corrected chi connectivity index (χ2v) is 4.06. The summed E-state index contributed by atoms with van der Waals surface area (Å²) in [6.07, 6.45) is 0. The first kappa shape index (κ1) is 9.53. The monoisotopic (exact) mass is 213 g/mol. The van der Waals surface area contributed by atoms with Crippen LogP contribution in [0.5, 0.6) is 0 Å². The first-order valence-electron chi connectivity index (χ1n) is 2.87. The van der Waals surface area contributed by atoms with Gasteiger partial charge in [-0.1, -0.05) is 0 Å². The molecule has 1 N–H and O–H groups in total. The molecule has 0 aromatic heterocycles. The highest BCUT2D eigenvalue weighted by atomic mass is 32.2. The number of nitrogens with one attached hydrogen (secondary N) is 1. The predicted octanol–water partition coefficient (Wildman–Crippen LogP) is -1.42. The van der Waals surface area contributed by atoms with Gasteiger partial charge in [-0.15, -0.1) is 4.52 Å². The van der Waals surface area contributed by atoms with Crippen LogP contribution in [0.1, 0.15) is 0 Å². The predicted molar refractivity (Wildman–Crippen MR) is 38.7 cm³/mol. The zero-order valence-corrected chi connectivity index (χ0v) is 7.63. The molecule has 9 heteroatoms. The molecule has 0 radical (unpaired) electrons. The fourth-order valence-electron chi connectivity index (χ4n) is 0.679.